The summed E-state index contributed by atoms with van der Waals surface area (Å²) in [4.78, 5) is 16.6. The highest BCUT2D eigenvalue weighted by molar-refractivity contribution is 5.82. The smallest absolute Gasteiger partial charge is 0.178 e. The fourth-order valence-electron chi connectivity index (χ4n) is 3.75. The number of imidazole rings is 1. The summed E-state index contributed by atoms with van der Waals surface area (Å²) >= 11 is 0. The lowest BCUT2D eigenvalue weighted by Gasteiger charge is -2.29. The number of nitrogens with zero attached hydrogens (tertiary/aromatic N) is 6. The van der Waals surface area contributed by atoms with Crippen LogP contribution < -0.4 is 9.80 Å². The molecule has 0 bridgehead atoms. The van der Waals surface area contributed by atoms with E-state index in [9.17, 15) is 0 Å². The fourth-order valence-corrected chi connectivity index (χ4v) is 3.75. The molecule has 0 amide bonds. The summed E-state index contributed by atoms with van der Waals surface area (Å²) < 4.78 is 26.0. The molecule has 120 valence electrons. The minimum atomic E-state index is -2.31. The molecule has 0 radical (unpaired) electrons. The van der Waals surface area contributed by atoms with Crippen LogP contribution in [-0.2, 0) is 6.42 Å². The Morgan fingerprint density at radius 1 is 1.12 bits per heavy atom. The second-order valence-corrected chi connectivity index (χ2v) is 6.19. The number of aryl methyl sites for hydroxylation is 1. The van der Waals surface area contributed by atoms with Crippen LogP contribution >= 0.6 is 0 Å². The van der Waals surface area contributed by atoms with Gasteiger partial charge >= 0.3 is 0 Å². The zero-order chi connectivity index (χ0) is 18.9. The van der Waals surface area contributed by atoms with Gasteiger partial charge in [0.25, 0.3) is 0 Å². The van der Waals surface area contributed by atoms with E-state index in [2.05, 4.69) is 31.7 Å². The van der Waals surface area contributed by atoms with Crippen LogP contribution in [0.25, 0.3) is 5.69 Å². The third-order valence-electron chi connectivity index (χ3n) is 4.88. The van der Waals surface area contributed by atoms with Gasteiger partial charge in [0.05, 0.1) is 11.4 Å². The van der Waals surface area contributed by atoms with E-state index in [1.807, 2.05) is 24.9 Å². The van der Waals surface area contributed by atoms with Crippen LogP contribution in [-0.4, -0.2) is 32.7 Å². The van der Waals surface area contributed by atoms with Crippen LogP contribution in [0.1, 0.15) is 28.0 Å². The predicted molar refractivity (Wildman–Crippen MR) is 93.1 cm³/mol. The summed E-state index contributed by atoms with van der Waals surface area (Å²) in [6.07, 6.45) is 7.15. The maximum atomic E-state index is 7.98. The third-order valence-corrected chi connectivity index (χ3v) is 4.88. The van der Waals surface area contributed by atoms with Crippen molar-refractivity contribution < 1.29 is 4.11 Å². The zero-order valence-electron chi connectivity index (χ0n) is 16.4. The second-order valence-electron chi connectivity index (χ2n) is 6.19. The Hall–Kier alpha value is -2.89. The lowest BCUT2D eigenvalue weighted by Crippen LogP contribution is -2.36. The molecule has 0 spiro atoms. The highest BCUT2D eigenvalue weighted by atomic mass is 15.5. The first-order chi connectivity index (χ1) is 12.9. The van der Waals surface area contributed by atoms with Gasteiger partial charge in [0.2, 0.25) is 0 Å². The number of hydrogen-bond donors (Lipinski definition) is 0. The number of anilines is 3. The van der Waals surface area contributed by atoms with Gasteiger partial charge in [-0.25, -0.2) is 15.0 Å². The maximum Gasteiger partial charge on any atom is 0.178 e. The van der Waals surface area contributed by atoms with E-state index in [-0.39, 0.29) is 0 Å². The minimum absolute atomic E-state index is 0.387. The van der Waals surface area contributed by atoms with Crippen LogP contribution in [0.15, 0.2) is 36.9 Å². The quantitative estimate of drug-likeness (QED) is 0.539. The van der Waals surface area contributed by atoms with E-state index >= 15 is 0 Å². The molecule has 2 aliphatic heterocycles. The monoisotopic (exact) mass is 321 g/mol. The Morgan fingerprint density at radius 2 is 1.96 bits per heavy atom. The predicted octanol–water partition coefficient (Wildman–Crippen LogP) is 2.81. The largest absolute Gasteiger partial charge is 0.336 e. The van der Waals surface area contributed by atoms with E-state index in [1.54, 1.807) is 12.4 Å². The molecule has 0 unspecified atom stereocenters. The Morgan fingerprint density at radius 3 is 2.79 bits per heavy atom. The van der Waals surface area contributed by atoms with Crippen LogP contribution in [0.3, 0.4) is 0 Å². The Kier molecular flexibility index (Phi) is 2.05. The molecule has 5 rings (SSSR count). The molecule has 1 aromatic carbocycles. The van der Waals surface area contributed by atoms with Gasteiger partial charge in [-0.15, -0.1) is 0 Å². The van der Waals surface area contributed by atoms with E-state index < -0.39 is 13.1 Å². The molecular weight excluding hydrogens is 300 g/mol. The van der Waals surface area contributed by atoms with Gasteiger partial charge < -0.3 is 14.4 Å². The second kappa shape index (κ2) is 4.56. The molecule has 3 aromatic rings. The average molecular weight is 321 g/mol. The van der Waals surface area contributed by atoms with Crippen LogP contribution in [0.4, 0.5) is 17.3 Å². The van der Waals surface area contributed by atoms with Crippen molar-refractivity contribution in [3.63, 3.8) is 0 Å². The Labute approximate surface area is 144 Å². The minimum Gasteiger partial charge on any atom is -0.336 e. The highest BCUT2D eigenvalue weighted by Crippen LogP contribution is 2.45. The first kappa shape index (κ1) is 10.8. The van der Waals surface area contributed by atoms with Gasteiger partial charge in [-0.05, 0) is 25.5 Å². The van der Waals surface area contributed by atoms with Gasteiger partial charge in [0.15, 0.2) is 11.6 Å². The number of benzene rings is 1. The summed E-state index contributed by atoms with van der Waals surface area (Å²) in [5.74, 6) is 1.94. The maximum absolute atomic E-state index is 7.98. The summed E-state index contributed by atoms with van der Waals surface area (Å²) in [6.45, 7) is 1.61. The van der Waals surface area contributed by atoms with Crippen molar-refractivity contribution in [1.82, 2.24) is 19.5 Å². The van der Waals surface area contributed by atoms with E-state index in [0.717, 1.165) is 28.3 Å². The van der Waals surface area contributed by atoms with Crippen molar-refractivity contribution in [2.75, 3.05) is 16.8 Å². The molecule has 4 heterocycles. The summed E-state index contributed by atoms with van der Waals surface area (Å²) in [7, 11) is 0. The highest BCUT2D eigenvalue weighted by Gasteiger charge is 2.37. The molecule has 2 aliphatic rings. The van der Waals surface area contributed by atoms with Gasteiger partial charge in [-0.3, -0.25) is 0 Å². The topological polar surface area (TPSA) is 50.1 Å². The third kappa shape index (κ3) is 1.57. The van der Waals surface area contributed by atoms with Crippen molar-refractivity contribution in [3.05, 3.63) is 53.9 Å². The Bertz CT molecular complexity index is 1060. The van der Waals surface area contributed by atoms with E-state index in [4.69, 9.17) is 4.11 Å². The van der Waals surface area contributed by atoms with Crippen molar-refractivity contribution >= 4 is 17.3 Å². The SMILES string of the molecule is [2H]C([2H])([2H])N1c2nccnc2N(c2c(C)ccc3c2Cc2nccn2-3)[C@H]1C. The fraction of sp³-hybridized carbons (Fsp3) is 0.278. The van der Waals surface area contributed by atoms with Gasteiger partial charge in [0.1, 0.15) is 12.0 Å². The lowest BCUT2D eigenvalue weighted by atomic mass is 10.0. The van der Waals surface area contributed by atoms with Crippen molar-refractivity contribution in [3.8, 4) is 5.69 Å². The summed E-state index contributed by atoms with van der Waals surface area (Å²) in [5.41, 5.74) is 4.26. The summed E-state index contributed by atoms with van der Waals surface area (Å²) in [6, 6.07) is 4.15. The molecule has 0 saturated heterocycles. The van der Waals surface area contributed by atoms with Crippen molar-refractivity contribution in [2.24, 2.45) is 0 Å². The lowest BCUT2D eigenvalue weighted by molar-refractivity contribution is 0.724. The van der Waals surface area contributed by atoms with Crippen molar-refractivity contribution in [2.45, 2.75) is 26.4 Å². The number of fused-ring (bicyclic) bond motifs is 4. The molecule has 6 nitrogen and oxygen atoms in total. The molecule has 0 saturated carbocycles. The van der Waals surface area contributed by atoms with Gasteiger partial charge in [-0.1, -0.05) is 6.07 Å². The van der Waals surface area contributed by atoms with Crippen molar-refractivity contribution in [1.29, 1.82) is 0 Å². The number of aromatic nitrogens is 4. The molecule has 2 aromatic heterocycles. The zero-order valence-corrected chi connectivity index (χ0v) is 13.4. The average Bonchev–Trinajstić information content (AvgIpc) is 3.25. The number of hydrogen-bond acceptors (Lipinski definition) is 5. The Balaban J connectivity index is 1.73. The molecular formula is C18H18N6. The molecule has 0 aliphatic carbocycles. The molecule has 0 fully saturated rings. The first-order valence-electron chi connectivity index (χ1n) is 9.42. The molecule has 0 N–H and O–H groups in total. The summed E-state index contributed by atoms with van der Waals surface area (Å²) in [5, 5.41) is 0. The van der Waals surface area contributed by atoms with Crippen LogP contribution in [0.5, 0.6) is 0 Å². The van der Waals surface area contributed by atoms with E-state index in [0.29, 0.717) is 18.1 Å². The van der Waals surface area contributed by atoms with Gasteiger partial charge in [0, 0.05) is 47.9 Å². The molecule has 1 atom stereocenters. The van der Waals surface area contributed by atoms with E-state index in [1.165, 1.54) is 11.1 Å². The van der Waals surface area contributed by atoms with Gasteiger partial charge in [-0.2, -0.15) is 0 Å². The molecule has 24 heavy (non-hydrogen) atoms. The normalized spacial score (nSPS) is 20.2. The van der Waals surface area contributed by atoms with Crippen LogP contribution in [0, 0.1) is 6.92 Å². The van der Waals surface area contributed by atoms with Crippen LogP contribution in [0.2, 0.25) is 0 Å². The first-order valence-corrected chi connectivity index (χ1v) is 7.92. The standard InChI is InChI=1S/C18H18N6/c1-11-4-5-14-13(10-15-19-8-9-23(14)15)16(11)24-12(2)22(3)17-18(24)21-7-6-20-17/h4-9,12H,10H2,1-3H3/t12-/m0/s1/i3D3. The number of rotatable bonds is 1. The molecule has 6 heteroatoms.